The zero-order chi connectivity index (χ0) is 14.0. The number of hydrogen-bond acceptors (Lipinski definition) is 3. The van der Waals surface area contributed by atoms with Gasteiger partial charge < -0.3 is 4.74 Å². The minimum Gasteiger partial charge on any atom is -0.376 e. The van der Waals surface area contributed by atoms with Crippen LogP contribution in [0.1, 0.15) is 24.2 Å². The number of ether oxygens (including phenoxy) is 1. The van der Waals surface area contributed by atoms with Crippen LogP contribution >= 0.6 is 0 Å². The van der Waals surface area contributed by atoms with Crippen molar-refractivity contribution >= 4 is 5.78 Å². The number of carbonyl (C=O) groups is 1. The monoisotopic (exact) mass is 269 g/mol. The maximum atomic E-state index is 13.1. The van der Waals surface area contributed by atoms with Gasteiger partial charge in [0.2, 0.25) is 0 Å². The molecule has 0 spiro atoms. The molecule has 0 aliphatic carbocycles. The second-order valence-corrected chi connectivity index (χ2v) is 4.85. The van der Waals surface area contributed by atoms with Crippen LogP contribution in [-0.4, -0.2) is 42.5 Å². The highest BCUT2D eigenvalue weighted by atomic mass is 19.2. The van der Waals surface area contributed by atoms with Crippen molar-refractivity contribution in [1.29, 1.82) is 0 Å². The van der Waals surface area contributed by atoms with E-state index in [1.54, 1.807) is 6.92 Å². The van der Waals surface area contributed by atoms with Gasteiger partial charge in [-0.15, -0.1) is 0 Å². The number of nitrogens with zero attached hydrogens (tertiary/aromatic N) is 1. The summed E-state index contributed by atoms with van der Waals surface area (Å²) in [5.41, 5.74) is 0.200. The average molecular weight is 269 g/mol. The van der Waals surface area contributed by atoms with Crippen molar-refractivity contribution in [3.8, 4) is 0 Å². The maximum Gasteiger partial charge on any atom is 0.179 e. The minimum absolute atomic E-state index is 0.0777. The molecule has 2 unspecified atom stereocenters. The number of benzene rings is 1. The second-order valence-electron chi connectivity index (χ2n) is 4.85. The largest absolute Gasteiger partial charge is 0.376 e. The Morgan fingerprint density at radius 2 is 2.16 bits per heavy atom. The zero-order valence-electron chi connectivity index (χ0n) is 11.0. The van der Waals surface area contributed by atoms with E-state index in [1.807, 2.05) is 11.8 Å². The van der Waals surface area contributed by atoms with Crippen molar-refractivity contribution in [2.75, 3.05) is 19.7 Å². The third-order valence-electron chi connectivity index (χ3n) is 3.40. The highest BCUT2D eigenvalue weighted by Crippen LogP contribution is 2.15. The lowest BCUT2D eigenvalue weighted by Crippen LogP contribution is -2.48. The molecule has 2 rings (SSSR count). The minimum atomic E-state index is -0.992. The Balaban J connectivity index is 2.11. The van der Waals surface area contributed by atoms with Gasteiger partial charge in [0.1, 0.15) is 0 Å². The molecule has 2 atom stereocenters. The van der Waals surface area contributed by atoms with Crippen molar-refractivity contribution in [3.05, 3.63) is 35.4 Å². The summed E-state index contributed by atoms with van der Waals surface area (Å²) in [5, 5.41) is 0. The summed E-state index contributed by atoms with van der Waals surface area (Å²) in [7, 11) is 0. The fraction of sp³-hybridized carbons (Fsp3) is 0.500. The third-order valence-corrected chi connectivity index (χ3v) is 3.40. The number of ketones is 1. The van der Waals surface area contributed by atoms with Crippen LogP contribution in [0.5, 0.6) is 0 Å². The van der Waals surface area contributed by atoms with E-state index in [0.29, 0.717) is 19.7 Å². The summed E-state index contributed by atoms with van der Waals surface area (Å²) in [5.74, 6) is -2.13. The first-order valence-corrected chi connectivity index (χ1v) is 6.34. The van der Waals surface area contributed by atoms with Crippen LogP contribution in [0, 0.1) is 11.6 Å². The number of rotatable bonds is 3. The molecule has 1 heterocycles. The molecule has 1 fully saturated rings. The van der Waals surface area contributed by atoms with Crippen molar-refractivity contribution in [2.24, 2.45) is 0 Å². The standard InChI is InChI=1S/C14H17F2NO2/c1-9-8-17(5-6-19-9)10(2)14(18)11-3-4-12(15)13(16)7-11/h3-4,7,9-10H,5-6,8H2,1-2H3. The molecule has 0 radical (unpaired) electrons. The number of Topliss-reactive ketones (excluding diaryl/α,β-unsaturated/α-hetero) is 1. The fourth-order valence-electron chi connectivity index (χ4n) is 2.25. The van der Waals surface area contributed by atoms with Gasteiger partial charge in [-0.3, -0.25) is 9.69 Å². The molecule has 1 aliphatic rings. The summed E-state index contributed by atoms with van der Waals surface area (Å²) in [6.45, 7) is 5.64. The highest BCUT2D eigenvalue weighted by Gasteiger charge is 2.27. The van der Waals surface area contributed by atoms with E-state index in [2.05, 4.69) is 0 Å². The van der Waals surface area contributed by atoms with Gasteiger partial charge in [-0.1, -0.05) is 0 Å². The normalized spacial score (nSPS) is 22.2. The molecule has 1 aliphatic heterocycles. The zero-order valence-corrected chi connectivity index (χ0v) is 11.0. The van der Waals surface area contributed by atoms with Crippen molar-refractivity contribution in [2.45, 2.75) is 26.0 Å². The van der Waals surface area contributed by atoms with Gasteiger partial charge in [0.15, 0.2) is 17.4 Å². The van der Waals surface area contributed by atoms with E-state index in [4.69, 9.17) is 4.74 Å². The molecule has 1 aromatic carbocycles. The summed E-state index contributed by atoms with van der Waals surface area (Å²) in [6.07, 6.45) is 0.0777. The van der Waals surface area contributed by atoms with Crippen LogP contribution in [0.3, 0.4) is 0 Å². The van der Waals surface area contributed by atoms with Gasteiger partial charge in [-0.2, -0.15) is 0 Å². The van der Waals surface area contributed by atoms with Crippen molar-refractivity contribution in [3.63, 3.8) is 0 Å². The predicted octanol–water partition coefficient (Wildman–Crippen LogP) is 2.26. The smallest absolute Gasteiger partial charge is 0.179 e. The van der Waals surface area contributed by atoms with Crippen molar-refractivity contribution < 1.29 is 18.3 Å². The van der Waals surface area contributed by atoms with Gasteiger partial charge >= 0.3 is 0 Å². The number of carbonyl (C=O) groups excluding carboxylic acids is 1. The second kappa shape index (κ2) is 5.75. The maximum absolute atomic E-state index is 13.1. The van der Waals surface area contributed by atoms with Crippen LogP contribution in [0.2, 0.25) is 0 Å². The third kappa shape index (κ3) is 3.16. The van der Waals surface area contributed by atoms with Crippen LogP contribution in [0.25, 0.3) is 0 Å². The lowest BCUT2D eigenvalue weighted by molar-refractivity contribution is -0.0277. The Morgan fingerprint density at radius 3 is 2.79 bits per heavy atom. The Labute approximate surface area is 111 Å². The van der Waals surface area contributed by atoms with E-state index in [9.17, 15) is 13.6 Å². The van der Waals surface area contributed by atoms with E-state index in [-0.39, 0.29) is 23.5 Å². The van der Waals surface area contributed by atoms with E-state index >= 15 is 0 Å². The van der Waals surface area contributed by atoms with Crippen LogP contribution < -0.4 is 0 Å². The molecular formula is C14H17F2NO2. The number of morpholine rings is 1. The Morgan fingerprint density at radius 1 is 1.42 bits per heavy atom. The molecule has 0 bridgehead atoms. The molecular weight excluding hydrogens is 252 g/mol. The van der Waals surface area contributed by atoms with E-state index in [0.717, 1.165) is 12.1 Å². The quantitative estimate of drug-likeness (QED) is 0.788. The van der Waals surface area contributed by atoms with E-state index < -0.39 is 11.6 Å². The lowest BCUT2D eigenvalue weighted by Gasteiger charge is -2.34. The Bertz CT molecular complexity index is 479. The molecule has 1 saturated heterocycles. The highest BCUT2D eigenvalue weighted by molar-refractivity contribution is 5.99. The summed E-state index contributed by atoms with van der Waals surface area (Å²) in [4.78, 5) is 14.2. The molecule has 5 heteroatoms. The van der Waals surface area contributed by atoms with E-state index in [1.165, 1.54) is 6.07 Å². The molecule has 0 aromatic heterocycles. The van der Waals surface area contributed by atoms with Crippen LogP contribution in [0.15, 0.2) is 18.2 Å². The molecule has 3 nitrogen and oxygen atoms in total. The number of hydrogen-bond donors (Lipinski definition) is 0. The topological polar surface area (TPSA) is 29.5 Å². The van der Waals surface area contributed by atoms with Crippen LogP contribution in [-0.2, 0) is 4.74 Å². The first-order valence-electron chi connectivity index (χ1n) is 6.34. The SMILES string of the molecule is CC1CN(C(C)C(=O)c2ccc(F)c(F)c2)CCO1. The van der Waals surface area contributed by atoms with Gasteiger partial charge in [0, 0.05) is 18.7 Å². The summed E-state index contributed by atoms with van der Waals surface area (Å²) >= 11 is 0. The summed E-state index contributed by atoms with van der Waals surface area (Å²) in [6, 6.07) is 2.90. The van der Waals surface area contributed by atoms with Gasteiger partial charge in [-0.05, 0) is 32.0 Å². The van der Waals surface area contributed by atoms with Gasteiger partial charge in [-0.25, -0.2) is 8.78 Å². The summed E-state index contributed by atoms with van der Waals surface area (Å²) < 4.78 is 31.4. The molecule has 1 aromatic rings. The van der Waals surface area contributed by atoms with Gasteiger partial charge in [0.25, 0.3) is 0 Å². The Kier molecular flexibility index (Phi) is 4.27. The first-order chi connectivity index (χ1) is 8.99. The Hall–Kier alpha value is -1.33. The lowest BCUT2D eigenvalue weighted by atomic mass is 10.0. The molecule has 19 heavy (non-hydrogen) atoms. The number of halogens is 2. The van der Waals surface area contributed by atoms with Crippen molar-refractivity contribution in [1.82, 2.24) is 4.90 Å². The molecule has 0 saturated carbocycles. The molecule has 0 N–H and O–H groups in total. The first kappa shape index (κ1) is 14.1. The van der Waals surface area contributed by atoms with Gasteiger partial charge in [0.05, 0.1) is 18.8 Å². The molecule has 0 amide bonds. The fourth-order valence-corrected chi connectivity index (χ4v) is 2.25. The predicted molar refractivity (Wildman–Crippen MR) is 67.1 cm³/mol. The molecule has 104 valence electrons. The van der Waals surface area contributed by atoms with Crippen LogP contribution in [0.4, 0.5) is 8.78 Å². The average Bonchev–Trinajstić information content (AvgIpc) is 2.40.